The quantitative estimate of drug-likeness (QED) is 0.278. The van der Waals surface area contributed by atoms with Crippen LogP contribution < -0.4 is 4.74 Å². The molecule has 0 spiro atoms. The zero-order valence-corrected chi connectivity index (χ0v) is 18.7. The molecule has 33 heavy (non-hydrogen) atoms. The predicted molar refractivity (Wildman–Crippen MR) is 127 cm³/mol. The lowest BCUT2D eigenvalue weighted by Gasteiger charge is -2.11. The Hall–Kier alpha value is -3.53. The van der Waals surface area contributed by atoms with E-state index in [4.69, 9.17) is 4.74 Å². The van der Waals surface area contributed by atoms with Crippen molar-refractivity contribution in [3.63, 3.8) is 0 Å². The fourth-order valence-electron chi connectivity index (χ4n) is 3.74. The normalized spacial score (nSPS) is 10.9. The largest absolute Gasteiger partial charge is 0.489 e. The highest BCUT2D eigenvalue weighted by Crippen LogP contribution is 2.28. The van der Waals surface area contributed by atoms with Crippen LogP contribution in [0.2, 0.25) is 0 Å². The second-order valence-corrected chi connectivity index (χ2v) is 8.12. The van der Waals surface area contributed by atoms with Crippen molar-refractivity contribution in [3.05, 3.63) is 113 Å². The van der Waals surface area contributed by atoms with Crippen LogP contribution in [0.1, 0.15) is 30.0 Å². The number of ether oxygens (including phenoxy) is 1. The molecular weight excluding hydrogens is 421 g/mol. The monoisotopic (exact) mass is 446 g/mol. The van der Waals surface area contributed by atoms with Crippen LogP contribution in [0, 0.1) is 24.4 Å². The Bertz CT molecular complexity index is 1250. The molecule has 0 saturated carbocycles. The first kappa shape index (κ1) is 22.7. The minimum Gasteiger partial charge on any atom is -0.489 e. The molecule has 4 rings (SSSR count). The Balaban J connectivity index is 1.46. The molecule has 0 aliphatic heterocycles. The lowest BCUT2D eigenvalue weighted by atomic mass is 10.0. The first-order valence-electron chi connectivity index (χ1n) is 11.0. The summed E-state index contributed by atoms with van der Waals surface area (Å²) in [4.78, 5) is 0. The molecule has 0 aliphatic rings. The molecule has 1 nitrogen and oxygen atoms in total. The van der Waals surface area contributed by atoms with E-state index in [9.17, 15) is 13.2 Å². The molecule has 0 radical (unpaired) electrons. The SMILES string of the molecule is CCCc1ccc(-c2ccc(COc3ccc(-c4ccc(C)c(F)c4)cc3)c(F)c2F)cc1. The van der Waals surface area contributed by atoms with Crippen molar-refractivity contribution in [2.45, 2.75) is 33.3 Å². The van der Waals surface area contributed by atoms with E-state index < -0.39 is 11.6 Å². The van der Waals surface area contributed by atoms with Crippen molar-refractivity contribution in [2.24, 2.45) is 0 Å². The molecule has 0 heterocycles. The van der Waals surface area contributed by atoms with Crippen LogP contribution in [0.3, 0.4) is 0 Å². The van der Waals surface area contributed by atoms with Gasteiger partial charge < -0.3 is 4.74 Å². The molecule has 0 amide bonds. The van der Waals surface area contributed by atoms with E-state index in [2.05, 4.69) is 6.92 Å². The number of aryl methyl sites for hydroxylation is 2. The van der Waals surface area contributed by atoms with E-state index in [1.54, 1.807) is 37.3 Å². The van der Waals surface area contributed by atoms with Gasteiger partial charge in [0, 0.05) is 11.1 Å². The highest BCUT2D eigenvalue weighted by Gasteiger charge is 2.15. The molecule has 0 saturated heterocycles. The Morgan fingerprint density at radius 1 is 0.697 bits per heavy atom. The third kappa shape index (κ3) is 5.11. The van der Waals surface area contributed by atoms with Gasteiger partial charge in [-0.25, -0.2) is 13.2 Å². The van der Waals surface area contributed by atoms with Crippen LogP contribution in [0.4, 0.5) is 13.2 Å². The maximum Gasteiger partial charge on any atom is 0.167 e. The van der Waals surface area contributed by atoms with Crippen LogP contribution in [0.25, 0.3) is 22.3 Å². The second kappa shape index (κ2) is 9.95. The van der Waals surface area contributed by atoms with Crippen molar-refractivity contribution in [1.29, 1.82) is 0 Å². The molecule has 0 fully saturated rings. The highest BCUT2D eigenvalue weighted by molar-refractivity contribution is 5.66. The predicted octanol–water partition coefficient (Wildman–Crippen LogP) is 8.28. The number of halogens is 3. The minimum absolute atomic E-state index is 0.100. The molecule has 0 N–H and O–H groups in total. The van der Waals surface area contributed by atoms with Gasteiger partial charge in [0.2, 0.25) is 0 Å². The first-order chi connectivity index (χ1) is 16.0. The van der Waals surface area contributed by atoms with Gasteiger partial charge in [-0.1, -0.05) is 74.0 Å². The molecule has 4 aromatic carbocycles. The standard InChI is InChI=1S/C29H25F3O/c1-3-4-20-6-9-22(10-7-20)26-16-13-24(28(31)29(26)32)18-33-25-14-11-21(12-15-25)23-8-5-19(2)27(30)17-23/h5-17H,3-4,18H2,1-2H3. The smallest absolute Gasteiger partial charge is 0.167 e. The Kier molecular flexibility index (Phi) is 6.83. The van der Waals surface area contributed by atoms with E-state index >= 15 is 0 Å². The summed E-state index contributed by atoms with van der Waals surface area (Å²) in [5.41, 5.74) is 4.38. The lowest BCUT2D eigenvalue weighted by molar-refractivity contribution is 0.297. The average molecular weight is 447 g/mol. The Labute approximate surface area is 192 Å². The molecule has 4 heteroatoms. The zero-order chi connectivity index (χ0) is 23.4. The van der Waals surface area contributed by atoms with Crippen molar-refractivity contribution in [3.8, 4) is 28.0 Å². The van der Waals surface area contributed by atoms with Gasteiger partial charge in [0.1, 0.15) is 18.2 Å². The van der Waals surface area contributed by atoms with Gasteiger partial charge in [-0.3, -0.25) is 0 Å². The van der Waals surface area contributed by atoms with E-state index in [1.165, 1.54) is 11.6 Å². The topological polar surface area (TPSA) is 9.23 Å². The van der Waals surface area contributed by atoms with E-state index in [1.807, 2.05) is 42.5 Å². The van der Waals surface area contributed by atoms with Gasteiger partial charge in [0.25, 0.3) is 0 Å². The van der Waals surface area contributed by atoms with E-state index in [0.29, 0.717) is 16.9 Å². The highest BCUT2D eigenvalue weighted by atomic mass is 19.2. The summed E-state index contributed by atoms with van der Waals surface area (Å²) in [6.45, 7) is 3.72. The summed E-state index contributed by atoms with van der Waals surface area (Å²) in [6, 6.07) is 22.8. The maximum absolute atomic E-state index is 14.8. The fraction of sp³-hybridized carbons (Fsp3) is 0.172. The van der Waals surface area contributed by atoms with Gasteiger partial charge >= 0.3 is 0 Å². The molecule has 0 aromatic heterocycles. The minimum atomic E-state index is -0.906. The van der Waals surface area contributed by atoms with Gasteiger partial charge in [-0.05, 0) is 59.4 Å². The number of benzene rings is 4. The number of hydrogen-bond donors (Lipinski definition) is 0. The van der Waals surface area contributed by atoms with Crippen LogP contribution in [0.15, 0.2) is 78.9 Å². The van der Waals surface area contributed by atoms with E-state index in [0.717, 1.165) is 24.0 Å². The summed E-state index contributed by atoms with van der Waals surface area (Å²) in [5.74, 6) is -1.53. The van der Waals surface area contributed by atoms with Crippen LogP contribution >= 0.6 is 0 Å². The average Bonchev–Trinajstić information content (AvgIpc) is 2.83. The molecule has 0 unspecified atom stereocenters. The van der Waals surface area contributed by atoms with Crippen molar-refractivity contribution in [2.75, 3.05) is 0 Å². The third-order valence-corrected chi connectivity index (χ3v) is 5.72. The Morgan fingerprint density at radius 3 is 2.03 bits per heavy atom. The fourth-order valence-corrected chi connectivity index (χ4v) is 3.74. The molecule has 0 aliphatic carbocycles. The van der Waals surface area contributed by atoms with Crippen molar-refractivity contribution < 1.29 is 17.9 Å². The van der Waals surface area contributed by atoms with Gasteiger partial charge in [-0.15, -0.1) is 0 Å². The van der Waals surface area contributed by atoms with Gasteiger partial charge in [0.15, 0.2) is 11.6 Å². The summed E-state index contributed by atoms with van der Waals surface area (Å²) in [7, 11) is 0. The molecule has 0 bridgehead atoms. The number of hydrogen-bond acceptors (Lipinski definition) is 1. The van der Waals surface area contributed by atoms with Crippen molar-refractivity contribution in [1.82, 2.24) is 0 Å². The summed E-state index contributed by atoms with van der Waals surface area (Å²) in [6.07, 6.45) is 1.99. The summed E-state index contributed by atoms with van der Waals surface area (Å²) >= 11 is 0. The van der Waals surface area contributed by atoms with Gasteiger partial charge in [0.05, 0.1) is 0 Å². The third-order valence-electron chi connectivity index (χ3n) is 5.72. The zero-order valence-electron chi connectivity index (χ0n) is 18.7. The summed E-state index contributed by atoms with van der Waals surface area (Å²) < 4.78 is 49.0. The first-order valence-corrected chi connectivity index (χ1v) is 11.0. The molecule has 4 aromatic rings. The lowest BCUT2D eigenvalue weighted by Crippen LogP contribution is -2.02. The van der Waals surface area contributed by atoms with Gasteiger partial charge in [-0.2, -0.15) is 0 Å². The molecular formula is C29H25F3O. The summed E-state index contributed by atoms with van der Waals surface area (Å²) in [5, 5.41) is 0. The van der Waals surface area contributed by atoms with Crippen LogP contribution in [-0.2, 0) is 13.0 Å². The molecule has 0 atom stereocenters. The van der Waals surface area contributed by atoms with Crippen LogP contribution in [0.5, 0.6) is 5.75 Å². The molecule has 168 valence electrons. The maximum atomic E-state index is 14.8. The Morgan fingerprint density at radius 2 is 1.36 bits per heavy atom. The van der Waals surface area contributed by atoms with E-state index in [-0.39, 0.29) is 23.6 Å². The second-order valence-electron chi connectivity index (χ2n) is 8.12. The van der Waals surface area contributed by atoms with Crippen molar-refractivity contribution >= 4 is 0 Å². The van der Waals surface area contributed by atoms with Crippen LogP contribution in [-0.4, -0.2) is 0 Å². The number of rotatable bonds is 7.